The zero-order valence-corrected chi connectivity index (χ0v) is 11.1. The van der Waals surface area contributed by atoms with E-state index in [1.807, 2.05) is 0 Å². The van der Waals surface area contributed by atoms with Gasteiger partial charge in [0.05, 0.1) is 17.9 Å². The van der Waals surface area contributed by atoms with Crippen LogP contribution in [0.1, 0.15) is 16.8 Å². The summed E-state index contributed by atoms with van der Waals surface area (Å²) < 4.78 is 13.4. The maximum atomic E-state index is 13.4. The largest absolute Gasteiger partial charge is 0.478 e. The Bertz CT molecular complexity index is 562. The Hall–Kier alpha value is -2.31. The van der Waals surface area contributed by atoms with Crippen LogP contribution >= 0.6 is 0 Å². The monoisotopic (exact) mass is 281 g/mol. The standard InChI is InChI=1S/C13H16FN3O3/c1-16-5-2-6-17(7-10(16)18)9-4-3-8(14)12(15)11(9)13(19)20/h3-4H,2,5-7,15H2,1H3,(H,19,20). The van der Waals surface area contributed by atoms with Gasteiger partial charge in [-0.25, -0.2) is 9.18 Å². The lowest BCUT2D eigenvalue weighted by Gasteiger charge is -2.24. The van der Waals surface area contributed by atoms with Crippen LogP contribution in [0, 0.1) is 5.82 Å². The maximum Gasteiger partial charge on any atom is 0.340 e. The maximum absolute atomic E-state index is 13.4. The predicted molar refractivity (Wildman–Crippen MR) is 72.2 cm³/mol. The van der Waals surface area contributed by atoms with E-state index in [2.05, 4.69) is 0 Å². The number of carbonyl (C=O) groups excluding carboxylic acids is 1. The van der Waals surface area contributed by atoms with Crippen LogP contribution in [0.25, 0.3) is 0 Å². The molecule has 1 aromatic carbocycles. The Balaban J connectivity index is 2.44. The van der Waals surface area contributed by atoms with Gasteiger partial charge < -0.3 is 20.6 Å². The first-order chi connectivity index (χ1) is 9.41. The summed E-state index contributed by atoms with van der Waals surface area (Å²) in [6.45, 7) is 1.18. The zero-order chi connectivity index (χ0) is 14.9. The minimum Gasteiger partial charge on any atom is -0.478 e. The van der Waals surface area contributed by atoms with Gasteiger partial charge in [0.25, 0.3) is 0 Å². The summed E-state index contributed by atoms with van der Waals surface area (Å²) >= 11 is 0. The molecule has 7 heteroatoms. The van der Waals surface area contributed by atoms with Gasteiger partial charge in [0.2, 0.25) is 5.91 Å². The topological polar surface area (TPSA) is 86.9 Å². The van der Waals surface area contributed by atoms with Gasteiger partial charge in [-0.15, -0.1) is 0 Å². The van der Waals surface area contributed by atoms with E-state index in [4.69, 9.17) is 5.73 Å². The average Bonchev–Trinajstić information content (AvgIpc) is 2.55. The summed E-state index contributed by atoms with van der Waals surface area (Å²) in [6.07, 6.45) is 0.707. The first-order valence-corrected chi connectivity index (χ1v) is 6.22. The molecule has 1 heterocycles. The number of aromatic carboxylic acids is 1. The number of carbonyl (C=O) groups is 2. The van der Waals surface area contributed by atoms with Crippen LogP contribution in [-0.4, -0.2) is 48.6 Å². The van der Waals surface area contributed by atoms with Crippen LogP contribution in [0.2, 0.25) is 0 Å². The van der Waals surface area contributed by atoms with Crippen molar-refractivity contribution in [2.24, 2.45) is 0 Å². The molecule has 108 valence electrons. The quantitative estimate of drug-likeness (QED) is 0.782. The molecule has 0 unspecified atom stereocenters. The lowest BCUT2D eigenvalue weighted by Crippen LogP contribution is -2.35. The minimum absolute atomic E-state index is 0.0574. The fourth-order valence-electron chi connectivity index (χ4n) is 2.26. The third-order valence-corrected chi connectivity index (χ3v) is 3.40. The van der Waals surface area contributed by atoms with Crippen molar-refractivity contribution in [2.75, 3.05) is 37.3 Å². The predicted octanol–water partition coefficient (Wildman–Crippen LogP) is 0.775. The first kappa shape index (κ1) is 14.1. The van der Waals surface area contributed by atoms with E-state index in [0.717, 1.165) is 6.07 Å². The Morgan fingerprint density at radius 2 is 2.10 bits per heavy atom. The van der Waals surface area contributed by atoms with Crippen LogP contribution in [0.15, 0.2) is 12.1 Å². The number of benzene rings is 1. The van der Waals surface area contributed by atoms with Gasteiger partial charge in [-0.1, -0.05) is 0 Å². The molecule has 20 heavy (non-hydrogen) atoms. The highest BCUT2D eigenvalue weighted by Gasteiger charge is 2.25. The molecule has 0 atom stereocenters. The molecule has 1 aromatic rings. The number of anilines is 2. The molecule has 6 nitrogen and oxygen atoms in total. The Kier molecular flexibility index (Phi) is 3.78. The molecule has 0 radical (unpaired) electrons. The second kappa shape index (κ2) is 5.36. The van der Waals surface area contributed by atoms with Crippen molar-refractivity contribution >= 4 is 23.3 Å². The molecule has 0 bridgehead atoms. The van der Waals surface area contributed by atoms with Gasteiger partial charge >= 0.3 is 5.97 Å². The van der Waals surface area contributed by atoms with E-state index in [9.17, 15) is 19.1 Å². The molecule has 0 aliphatic carbocycles. The molecule has 1 aliphatic rings. The van der Waals surface area contributed by atoms with Crippen molar-refractivity contribution in [3.05, 3.63) is 23.5 Å². The number of halogens is 1. The van der Waals surface area contributed by atoms with E-state index in [1.54, 1.807) is 16.8 Å². The highest BCUT2D eigenvalue weighted by molar-refractivity contribution is 6.01. The van der Waals surface area contributed by atoms with Crippen molar-refractivity contribution in [2.45, 2.75) is 6.42 Å². The number of hydrogen-bond acceptors (Lipinski definition) is 4. The summed E-state index contributed by atoms with van der Waals surface area (Å²) in [5.74, 6) is -2.19. The Labute approximate surface area is 115 Å². The molecular weight excluding hydrogens is 265 g/mol. The number of carboxylic acids is 1. The molecule has 1 saturated heterocycles. The van der Waals surface area contributed by atoms with Crippen LogP contribution in [-0.2, 0) is 4.79 Å². The van der Waals surface area contributed by atoms with E-state index >= 15 is 0 Å². The number of nitrogen functional groups attached to an aromatic ring is 1. The number of rotatable bonds is 2. The van der Waals surface area contributed by atoms with E-state index < -0.39 is 17.5 Å². The Morgan fingerprint density at radius 3 is 2.75 bits per heavy atom. The second-order valence-electron chi connectivity index (χ2n) is 4.75. The van der Waals surface area contributed by atoms with Gasteiger partial charge in [0.1, 0.15) is 11.4 Å². The van der Waals surface area contributed by atoms with Gasteiger partial charge in [-0.3, -0.25) is 4.79 Å². The van der Waals surface area contributed by atoms with Crippen molar-refractivity contribution in [3.8, 4) is 0 Å². The normalized spacial score (nSPS) is 16.2. The number of nitrogens with two attached hydrogens (primary N) is 1. The fraction of sp³-hybridized carbons (Fsp3) is 0.385. The van der Waals surface area contributed by atoms with Gasteiger partial charge in [0.15, 0.2) is 0 Å². The number of nitrogens with zero attached hydrogens (tertiary/aromatic N) is 2. The lowest BCUT2D eigenvalue weighted by molar-refractivity contribution is -0.127. The van der Waals surface area contributed by atoms with Crippen molar-refractivity contribution < 1.29 is 19.1 Å². The summed E-state index contributed by atoms with van der Waals surface area (Å²) in [4.78, 5) is 26.4. The smallest absolute Gasteiger partial charge is 0.340 e. The van der Waals surface area contributed by atoms with E-state index in [0.29, 0.717) is 19.5 Å². The summed E-state index contributed by atoms with van der Waals surface area (Å²) in [6, 6.07) is 2.48. The van der Waals surface area contributed by atoms with Crippen LogP contribution in [0.5, 0.6) is 0 Å². The van der Waals surface area contributed by atoms with Crippen LogP contribution in [0.3, 0.4) is 0 Å². The summed E-state index contributed by atoms with van der Waals surface area (Å²) in [5.41, 5.74) is 5.10. The van der Waals surface area contributed by atoms with Crippen molar-refractivity contribution in [1.29, 1.82) is 0 Å². The molecule has 0 aromatic heterocycles. The molecular formula is C13H16FN3O3. The number of hydrogen-bond donors (Lipinski definition) is 2. The molecule has 3 N–H and O–H groups in total. The highest BCUT2D eigenvalue weighted by atomic mass is 19.1. The number of amides is 1. The fourth-order valence-corrected chi connectivity index (χ4v) is 2.26. The Morgan fingerprint density at radius 1 is 1.40 bits per heavy atom. The first-order valence-electron chi connectivity index (χ1n) is 6.22. The van der Waals surface area contributed by atoms with Gasteiger partial charge in [0, 0.05) is 20.1 Å². The number of carboxylic acid groups (broad SMARTS) is 1. The molecule has 1 fully saturated rings. The number of likely N-dealkylation sites (N-methyl/N-ethyl adjacent to an activating group) is 1. The van der Waals surface area contributed by atoms with Crippen molar-refractivity contribution in [3.63, 3.8) is 0 Å². The van der Waals surface area contributed by atoms with E-state index in [-0.39, 0.29) is 23.7 Å². The molecule has 1 aliphatic heterocycles. The van der Waals surface area contributed by atoms with Crippen LogP contribution in [0.4, 0.5) is 15.8 Å². The molecule has 2 rings (SSSR count). The highest BCUT2D eigenvalue weighted by Crippen LogP contribution is 2.29. The molecule has 1 amide bonds. The third kappa shape index (κ3) is 2.52. The molecule has 0 saturated carbocycles. The summed E-state index contributed by atoms with van der Waals surface area (Å²) in [7, 11) is 1.70. The average molecular weight is 281 g/mol. The third-order valence-electron chi connectivity index (χ3n) is 3.40. The van der Waals surface area contributed by atoms with Gasteiger partial charge in [-0.2, -0.15) is 0 Å². The zero-order valence-electron chi connectivity index (χ0n) is 11.1. The minimum atomic E-state index is -1.30. The molecule has 0 spiro atoms. The van der Waals surface area contributed by atoms with E-state index in [1.165, 1.54) is 6.07 Å². The lowest BCUT2D eigenvalue weighted by atomic mass is 10.1. The van der Waals surface area contributed by atoms with Crippen LogP contribution < -0.4 is 10.6 Å². The second-order valence-corrected chi connectivity index (χ2v) is 4.75. The van der Waals surface area contributed by atoms with Crippen molar-refractivity contribution in [1.82, 2.24) is 4.90 Å². The van der Waals surface area contributed by atoms with Gasteiger partial charge in [-0.05, 0) is 18.6 Å². The summed E-state index contributed by atoms with van der Waals surface area (Å²) in [5, 5.41) is 9.22. The SMILES string of the molecule is CN1CCCN(c2ccc(F)c(N)c2C(=O)O)CC1=O.